The second-order valence-electron chi connectivity index (χ2n) is 3.81. The quantitative estimate of drug-likeness (QED) is 0.601. The first kappa shape index (κ1) is 11.0. The summed E-state index contributed by atoms with van der Waals surface area (Å²) in [6, 6.07) is -0.498. The van der Waals surface area contributed by atoms with E-state index in [2.05, 4.69) is 0 Å². The van der Waals surface area contributed by atoms with Crippen molar-refractivity contribution < 1.29 is 9.59 Å². The predicted octanol–water partition coefficient (Wildman–Crippen LogP) is -0.942. The molecule has 0 aliphatic carbocycles. The summed E-state index contributed by atoms with van der Waals surface area (Å²) in [6.07, 6.45) is 1.60. The number of carbonyl (C=O) groups excluding carboxylic acids is 2. The Bertz CT molecular complexity index is 240. The fourth-order valence-corrected chi connectivity index (χ4v) is 1.70. The van der Waals surface area contributed by atoms with Crippen LogP contribution in [-0.4, -0.2) is 35.8 Å². The van der Waals surface area contributed by atoms with E-state index in [1.165, 1.54) is 0 Å². The summed E-state index contributed by atoms with van der Waals surface area (Å²) in [4.78, 5) is 24.1. The van der Waals surface area contributed by atoms with Gasteiger partial charge in [-0.25, -0.2) is 0 Å². The minimum absolute atomic E-state index is 0.101. The highest BCUT2D eigenvalue weighted by atomic mass is 16.2. The van der Waals surface area contributed by atoms with Crippen LogP contribution in [0.25, 0.3) is 0 Å². The van der Waals surface area contributed by atoms with E-state index in [9.17, 15) is 9.59 Å². The van der Waals surface area contributed by atoms with Crippen LogP contribution in [0.5, 0.6) is 0 Å². The number of likely N-dealkylation sites (tertiary alicyclic amines) is 1. The molecule has 5 nitrogen and oxygen atoms in total. The molecule has 5 heteroatoms. The topological polar surface area (TPSA) is 89.4 Å². The molecular weight excluding hydrogens is 182 g/mol. The first-order chi connectivity index (χ1) is 6.52. The Kier molecular flexibility index (Phi) is 3.46. The number of nitrogens with zero attached hydrogens (tertiary/aromatic N) is 1. The lowest BCUT2D eigenvalue weighted by Crippen LogP contribution is -2.49. The molecule has 2 atom stereocenters. The van der Waals surface area contributed by atoms with E-state index < -0.39 is 6.04 Å². The molecule has 1 heterocycles. The SMILES string of the molecule is C[C@@H](N)C(=O)N1CCCC(C(N)=O)C1. The van der Waals surface area contributed by atoms with Crippen molar-refractivity contribution in [2.24, 2.45) is 17.4 Å². The summed E-state index contributed by atoms with van der Waals surface area (Å²) in [7, 11) is 0. The lowest BCUT2D eigenvalue weighted by Gasteiger charge is -2.32. The van der Waals surface area contributed by atoms with Gasteiger partial charge in [-0.2, -0.15) is 0 Å². The van der Waals surface area contributed by atoms with Gasteiger partial charge in [0, 0.05) is 13.1 Å². The van der Waals surface area contributed by atoms with Crippen molar-refractivity contribution in [2.75, 3.05) is 13.1 Å². The molecule has 1 aliphatic heterocycles. The van der Waals surface area contributed by atoms with Crippen molar-refractivity contribution >= 4 is 11.8 Å². The number of nitrogens with two attached hydrogens (primary N) is 2. The molecule has 4 N–H and O–H groups in total. The summed E-state index contributed by atoms with van der Waals surface area (Å²) >= 11 is 0. The van der Waals surface area contributed by atoms with Crippen LogP contribution in [0.15, 0.2) is 0 Å². The molecule has 1 rings (SSSR count). The number of hydrogen-bond acceptors (Lipinski definition) is 3. The lowest BCUT2D eigenvalue weighted by atomic mass is 9.97. The fourth-order valence-electron chi connectivity index (χ4n) is 1.70. The van der Waals surface area contributed by atoms with Crippen molar-refractivity contribution in [2.45, 2.75) is 25.8 Å². The summed E-state index contributed by atoms with van der Waals surface area (Å²) in [5.74, 6) is -0.630. The van der Waals surface area contributed by atoms with Gasteiger partial charge < -0.3 is 16.4 Å². The molecule has 1 unspecified atom stereocenters. The molecule has 0 aromatic heterocycles. The zero-order valence-electron chi connectivity index (χ0n) is 8.40. The van der Waals surface area contributed by atoms with E-state index in [4.69, 9.17) is 11.5 Å². The van der Waals surface area contributed by atoms with Gasteiger partial charge in [0.1, 0.15) is 0 Å². The molecule has 2 amide bonds. The van der Waals surface area contributed by atoms with E-state index >= 15 is 0 Å². The molecule has 0 aromatic rings. The normalized spacial score (nSPS) is 24.4. The van der Waals surface area contributed by atoms with Crippen molar-refractivity contribution in [1.82, 2.24) is 4.90 Å². The Morgan fingerprint density at radius 3 is 2.64 bits per heavy atom. The van der Waals surface area contributed by atoms with Gasteiger partial charge in [-0.3, -0.25) is 9.59 Å². The van der Waals surface area contributed by atoms with E-state index in [0.29, 0.717) is 13.1 Å². The molecule has 1 fully saturated rings. The smallest absolute Gasteiger partial charge is 0.239 e. The van der Waals surface area contributed by atoms with Gasteiger partial charge in [-0.05, 0) is 19.8 Å². The molecule has 0 saturated carbocycles. The Balaban J connectivity index is 2.56. The second kappa shape index (κ2) is 4.41. The largest absolute Gasteiger partial charge is 0.369 e. The zero-order valence-corrected chi connectivity index (χ0v) is 8.40. The van der Waals surface area contributed by atoms with Gasteiger partial charge in [0.25, 0.3) is 0 Å². The van der Waals surface area contributed by atoms with Crippen LogP contribution in [0, 0.1) is 5.92 Å². The minimum atomic E-state index is -0.498. The number of amides is 2. The van der Waals surface area contributed by atoms with E-state index in [1.807, 2.05) is 0 Å². The fraction of sp³-hybridized carbons (Fsp3) is 0.778. The van der Waals surface area contributed by atoms with Crippen LogP contribution in [-0.2, 0) is 9.59 Å². The summed E-state index contributed by atoms with van der Waals surface area (Å²) < 4.78 is 0. The monoisotopic (exact) mass is 199 g/mol. The summed E-state index contributed by atoms with van der Waals surface area (Å²) in [6.45, 7) is 2.76. The van der Waals surface area contributed by atoms with E-state index in [1.54, 1.807) is 11.8 Å². The summed E-state index contributed by atoms with van der Waals surface area (Å²) in [5.41, 5.74) is 10.7. The van der Waals surface area contributed by atoms with Crippen molar-refractivity contribution in [1.29, 1.82) is 0 Å². The highest BCUT2D eigenvalue weighted by Crippen LogP contribution is 2.16. The number of piperidine rings is 1. The summed E-state index contributed by atoms with van der Waals surface area (Å²) in [5, 5.41) is 0. The Labute approximate surface area is 83.4 Å². The molecule has 1 aliphatic rings. The van der Waals surface area contributed by atoms with Crippen LogP contribution in [0.2, 0.25) is 0 Å². The maximum absolute atomic E-state index is 11.5. The van der Waals surface area contributed by atoms with Crippen molar-refractivity contribution in [3.05, 3.63) is 0 Å². The number of rotatable bonds is 2. The average Bonchev–Trinajstić information content (AvgIpc) is 2.16. The van der Waals surface area contributed by atoms with Gasteiger partial charge in [-0.1, -0.05) is 0 Å². The van der Waals surface area contributed by atoms with Crippen LogP contribution < -0.4 is 11.5 Å². The molecular formula is C9H17N3O2. The average molecular weight is 199 g/mol. The third-order valence-corrected chi connectivity index (χ3v) is 2.52. The molecule has 0 aromatic carbocycles. The molecule has 0 radical (unpaired) electrons. The third kappa shape index (κ3) is 2.45. The zero-order chi connectivity index (χ0) is 10.7. The molecule has 14 heavy (non-hydrogen) atoms. The molecule has 1 saturated heterocycles. The maximum atomic E-state index is 11.5. The van der Waals surface area contributed by atoms with Crippen LogP contribution in [0.1, 0.15) is 19.8 Å². The Morgan fingerprint density at radius 1 is 1.50 bits per heavy atom. The Morgan fingerprint density at radius 2 is 2.14 bits per heavy atom. The molecule has 0 spiro atoms. The van der Waals surface area contributed by atoms with Crippen LogP contribution in [0.3, 0.4) is 0 Å². The second-order valence-corrected chi connectivity index (χ2v) is 3.81. The van der Waals surface area contributed by atoms with Crippen LogP contribution in [0.4, 0.5) is 0 Å². The molecule has 80 valence electrons. The Hall–Kier alpha value is -1.10. The van der Waals surface area contributed by atoms with Crippen molar-refractivity contribution in [3.63, 3.8) is 0 Å². The van der Waals surface area contributed by atoms with E-state index in [0.717, 1.165) is 12.8 Å². The minimum Gasteiger partial charge on any atom is -0.369 e. The number of primary amides is 1. The van der Waals surface area contributed by atoms with Crippen LogP contribution >= 0.6 is 0 Å². The first-order valence-electron chi connectivity index (χ1n) is 4.86. The lowest BCUT2D eigenvalue weighted by molar-refractivity contribution is -0.135. The van der Waals surface area contributed by atoms with Gasteiger partial charge >= 0.3 is 0 Å². The third-order valence-electron chi connectivity index (χ3n) is 2.52. The predicted molar refractivity (Wildman–Crippen MR) is 52.1 cm³/mol. The number of carbonyl (C=O) groups is 2. The number of hydrogen-bond donors (Lipinski definition) is 2. The van der Waals surface area contributed by atoms with Gasteiger partial charge in [-0.15, -0.1) is 0 Å². The maximum Gasteiger partial charge on any atom is 0.239 e. The van der Waals surface area contributed by atoms with Crippen molar-refractivity contribution in [3.8, 4) is 0 Å². The van der Waals surface area contributed by atoms with E-state index in [-0.39, 0.29) is 17.7 Å². The first-order valence-corrected chi connectivity index (χ1v) is 4.86. The standard InChI is InChI=1S/C9H17N3O2/c1-6(10)9(14)12-4-2-3-7(5-12)8(11)13/h6-7H,2-5,10H2,1H3,(H2,11,13)/t6-,7?/m1/s1. The van der Waals surface area contributed by atoms with Gasteiger partial charge in [0.05, 0.1) is 12.0 Å². The highest BCUT2D eigenvalue weighted by Gasteiger charge is 2.27. The molecule has 0 bridgehead atoms. The van der Waals surface area contributed by atoms with Gasteiger partial charge in [0.15, 0.2) is 0 Å². The highest BCUT2D eigenvalue weighted by molar-refractivity contribution is 5.83. The van der Waals surface area contributed by atoms with Gasteiger partial charge in [0.2, 0.25) is 11.8 Å².